The Hall–Kier alpha value is -2.46. The highest BCUT2D eigenvalue weighted by Crippen LogP contribution is 2.32. The first-order valence-corrected chi connectivity index (χ1v) is 12.2. The summed E-state index contributed by atoms with van der Waals surface area (Å²) in [6.07, 6.45) is 6.89. The van der Waals surface area contributed by atoms with E-state index in [2.05, 4.69) is 10.3 Å². The second-order valence-corrected chi connectivity index (χ2v) is 8.97. The average Bonchev–Trinajstić information content (AvgIpc) is 2.85. The Morgan fingerprint density at radius 2 is 1.67 bits per heavy atom. The molecule has 3 atom stereocenters. The fraction of sp³-hybridized carbons (Fsp3) is 0.458. The molecule has 3 rings (SSSR count). The Morgan fingerprint density at radius 1 is 0.970 bits per heavy atom. The van der Waals surface area contributed by atoms with Crippen molar-refractivity contribution in [2.45, 2.75) is 68.5 Å². The second-order valence-electron chi connectivity index (χ2n) is 7.87. The smallest absolute Gasteiger partial charge is 0.243 e. The van der Waals surface area contributed by atoms with Gasteiger partial charge in [0.1, 0.15) is 0 Å². The number of thioether (sulfide) groups is 1. The number of aromatic nitrogens is 1. The molecule has 0 saturated carbocycles. The van der Waals surface area contributed by atoms with Gasteiger partial charge in [0.15, 0.2) is 0 Å². The van der Waals surface area contributed by atoms with Gasteiger partial charge in [-0.25, -0.2) is 5.48 Å². The lowest BCUT2D eigenvalue weighted by Gasteiger charge is -2.36. The molecule has 0 aliphatic carbocycles. The van der Waals surface area contributed by atoms with Gasteiger partial charge in [-0.3, -0.25) is 19.8 Å². The van der Waals surface area contributed by atoms with Crippen LogP contribution in [0.2, 0.25) is 0 Å². The molecule has 0 bridgehead atoms. The second kappa shape index (κ2) is 13.9. The Balaban J connectivity index is 1.47. The van der Waals surface area contributed by atoms with Crippen LogP contribution in [0.5, 0.6) is 0 Å². The van der Waals surface area contributed by atoms with E-state index in [1.54, 1.807) is 29.6 Å². The van der Waals surface area contributed by atoms with Crippen LogP contribution in [-0.2, 0) is 19.1 Å². The normalized spacial score (nSPS) is 20.2. The van der Waals surface area contributed by atoms with Gasteiger partial charge in [-0.2, -0.15) is 0 Å². The summed E-state index contributed by atoms with van der Waals surface area (Å²) in [4.78, 5) is 28.6. The number of amides is 2. The maximum Gasteiger partial charge on any atom is 0.243 e. The van der Waals surface area contributed by atoms with Crippen LogP contribution >= 0.6 is 11.8 Å². The van der Waals surface area contributed by atoms with Gasteiger partial charge in [0.25, 0.3) is 0 Å². The van der Waals surface area contributed by atoms with Crippen molar-refractivity contribution in [3.05, 3.63) is 60.4 Å². The van der Waals surface area contributed by atoms with E-state index in [0.717, 1.165) is 29.1 Å². The van der Waals surface area contributed by atoms with Crippen LogP contribution in [0.25, 0.3) is 0 Å². The number of hydroxylamine groups is 1. The summed E-state index contributed by atoms with van der Waals surface area (Å²) in [5.41, 5.74) is 2.68. The van der Waals surface area contributed by atoms with Crippen LogP contribution in [0.4, 0.5) is 0 Å². The van der Waals surface area contributed by atoms with Crippen LogP contribution in [0, 0.1) is 0 Å². The first-order valence-electron chi connectivity index (χ1n) is 11.2. The van der Waals surface area contributed by atoms with E-state index in [0.29, 0.717) is 25.7 Å². The maximum absolute atomic E-state index is 12.4. The summed E-state index contributed by atoms with van der Waals surface area (Å²) >= 11 is 1.69. The van der Waals surface area contributed by atoms with E-state index in [-0.39, 0.29) is 30.4 Å². The molecule has 2 amide bonds. The zero-order valence-electron chi connectivity index (χ0n) is 18.5. The molecule has 1 saturated heterocycles. The van der Waals surface area contributed by atoms with Crippen molar-refractivity contribution in [1.29, 1.82) is 0 Å². The topological polar surface area (TPSA) is 110 Å². The van der Waals surface area contributed by atoms with Gasteiger partial charge in [-0.05, 0) is 30.5 Å². The van der Waals surface area contributed by atoms with Gasteiger partial charge in [0, 0.05) is 42.3 Å². The van der Waals surface area contributed by atoms with E-state index in [1.807, 2.05) is 42.5 Å². The molecule has 1 aliphatic rings. The lowest BCUT2D eigenvalue weighted by atomic mass is 10.0. The standard InChI is InChI=1S/C24H31N3O5S/c28-22(10-6-1-2-7-11-23(29)27-30)26-24-31-19(17-33-20-12-14-25-15-13-20)16-21(32-24)18-8-4-3-5-9-18/h3-5,8-9,12-15,19,21,24,30H,1-2,6-7,10-11,16-17H2,(H,26,28)(H,27,29). The molecule has 33 heavy (non-hydrogen) atoms. The van der Waals surface area contributed by atoms with Gasteiger partial charge in [-0.1, -0.05) is 43.2 Å². The highest BCUT2D eigenvalue weighted by atomic mass is 32.2. The number of carbonyl (C=O) groups excluding carboxylic acids is 2. The summed E-state index contributed by atoms with van der Waals surface area (Å²) < 4.78 is 12.1. The molecule has 3 N–H and O–H groups in total. The van der Waals surface area contributed by atoms with Crippen LogP contribution in [0.1, 0.15) is 56.6 Å². The number of rotatable bonds is 12. The maximum atomic E-state index is 12.4. The van der Waals surface area contributed by atoms with Crippen molar-refractivity contribution in [2.75, 3.05) is 5.75 Å². The Kier molecular flexibility index (Phi) is 10.6. The van der Waals surface area contributed by atoms with Crippen molar-refractivity contribution in [3.8, 4) is 0 Å². The Bertz CT molecular complexity index is 856. The fourth-order valence-corrected chi connectivity index (χ4v) is 4.48. The van der Waals surface area contributed by atoms with Gasteiger partial charge in [0.2, 0.25) is 18.2 Å². The van der Waals surface area contributed by atoms with E-state index < -0.39 is 6.41 Å². The number of carbonyl (C=O) groups is 2. The monoisotopic (exact) mass is 473 g/mol. The minimum Gasteiger partial charge on any atom is -0.331 e. The highest BCUT2D eigenvalue weighted by molar-refractivity contribution is 7.99. The third-order valence-electron chi connectivity index (χ3n) is 5.30. The van der Waals surface area contributed by atoms with Crippen LogP contribution in [0.3, 0.4) is 0 Å². The molecule has 2 aromatic rings. The summed E-state index contributed by atoms with van der Waals surface area (Å²) in [6.45, 7) is 0. The number of nitrogens with zero attached hydrogens (tertiary/aromatic N) is 1. The third kappa shape index (κ3) is 9.13. The summed E-state index contributed by atoms with van der Waals surface area (Å²) in [6, 6.07) is 13.9. The zero-order chi connectivity index (χ0) is 23.3. The molecule has 1 fully saturated rings. The molecule has 1 aromatic carbocycles. The lowest BCUT2D eigenvalue weighted by Crippen LogP contribution is -2.46. The zero-order valence-corrected chi connectivity index (χ0v) is 19.3. The van der Waals surface area contributed by atoms with Crippen LogP contribution in [-0.4, -0.2) is 40.3 Å². The number of hydrogen-bond donors (Lipinski definition) is 3. The molecular formula is C24H31N3O5S. The van der Waals surface area contributed by atoms with Crippen LogP contribution < -0.4 is 10.8 Å². The van der Waals surface area contributed by atoms with Gasteiger partial charge >= 0.3 is 0 Å². The van der Waals surface area contributed by atoms with E-state index >= 15 is 0 Å². The van der Waals surface area contributed by atoms with Crippen molar-refractivity contribution in [2.24, 2.45) is 0 Å². The molecule has 1 aromatic heterocycles. The molecule has 9 heteroatoms. The predicted molar refractivity (Wildman–Crippen MR) is 124 cm³/mol. The predicted octanol–water partition coefficient (Wildman–Crippen LogP) is 3.97. The van der Waals surface area contributed by atoms with Crippen molar-refractivity contribution in [3.63, 3.8) is 0 Å². The highest BCUT2D eigenvalue weighted by Gasteiger charge is 2.32. The molecule has 178 valence electrons. The number of ether oxygens (including phenoxy) is 2. The lowest BCUT2D eigenvalue weighted by molar-refractivity contribution is -0.251. The average molecular weight is 474 g/mol. The molecule has 2 heterocycles. The number of nitrogens with one attached hydrogen (secondary N) is 2. The third-order valence-corrected chi connectivity index (χ3v) is 6.44. The minimum absolute atomic E-state index is 0.0786. The molecular weight excluding hydrogens is 442 g/mol. The number of unbranched alkanes of at least 4 members (excludes halogenated alkanes) is 3. The summed E-state index contributed by atoms with van der Waals surface area (Å²) in [5, 5.41) is 11.4. The first-order chi connectivity index (χ1) is 16.1. The molecule has 3 unspecified atom stereocenters. The Morgan fingerprint density at radius 3 is 2.36 bits per heavy atom. The van der Waals surface area contributed by atoms with Crippen molar-refractivity contribution < 1.29 is 24.3 Å². The fourth-order valence-electron chi connectivity index (χ4n) is 3.57. The molecule has 1 aliphatic heterocycles. The van der Waals surface area contributed by atoms with Gasteiger partial charge in [0.05, 0.1) is 12.2 Å². The SMILES string of the molecule is O=C(CCCCCCC(=O)NC1OC(CSc2ccncc2)CC(c2ccccc2)O1)NO. The molecule has 8 nitrogen and oxygen atoms in total. The number of benzene rings is 1. The van der Waals surface area contributed by atoms with Crippen molar-refractivity contribution in [1.82, 2.24) is 15.8 Å². The first kappa shape index (κ1) is 25.2. The minimum atomic E-state index is -0.798. The quantitative estimate of drug-likeness (QED) is 0.185. The van der Waals surface area contributed by atoms with E-state index in [4.69, 9.17) is 14.7 Å². The molecule has 0 spiro atoms. The van der Waals surface area contributed by atoms with Crippen LogP contribution in [0.15, 0.2) is 59.8 Å². The number of hydrogen-bond acceptors (Lipinski definition) is 7. The van der Waals surface area contributed by atoms with Crippen molar-refractivity contribution >= 4 is 23.6 Å². The summed E-state index contributed by atoms with van der Waals surface area (Å²) in [7, 11) is 0. The summed E-state index contributed by atoms with van der Waals surface area (Å²) in [5.74, 6) is 0.233. The number of pyridine rings is 1. The largest absolute Gasteiger partial charge is 0.331 e. The van der Waals surface area contributed by atoms with E-state index in [1.165, 1.54) is 0 Å². The van der Waals surface area contributed by atoms with Gasteiger partial charge < -0.3 is 14.8 Å². The van der Waals surface area contributed by atoms with Gasteiger partial charge in [-0.15, -0.1) is 11.8 Å². The Labute approximate surface area is 198 Å². The van der Waals surface area contributed by atoms with E-state index in [9.17, 15) is 9.59 Å². The molecule has 0 radical (unpaired) electrons.